The van der Waals surface area contributed by atoms with E-state index in [1.807, 2.05) is 41.2 Å². The first kappa shape index (κ1) is 17.9. The Hall–Kier alpha value is -3.54. The van der Waals surface area contributed by atoms with Crippen LogP contribution in [-0.4, -0.2) is 32.1 Å². The predicted molar refractivity (Wildman–Crippen MR) is 106 cm³/mol. The standard InChI is InChI=1S/C22H20N2O4/c1-26-20-10-14(11-21(27-2)22(20)28-3)19(25)13-24-9-8-16-15-6-4-5-7-17(15)23-18(16)12-24/h4-12H,13H2,1-3H3/p+1. The molecule has 0 aliphatic heterocycles. The fraction of sp³-hybridized carbons (Fsp3) is 0.182. The molecule has 0 spiro atoms. The van der Waals surface area contributed by atoms with E-state index >= 15 is 0 Å². The molecule has 4 rings (SSSR count). The summed E-state index contributed by atoms with van der Waals surface area (Å²) in [6.07, 6.45) is 3.86. The number of Topliss-reactive ketones (excluding diaryl/α,β-unsaturated/α-hetero) is 1. The van der Waals surface area contributed by atoms with Crippen LogP contribution in [-0.2, 0) is 6.54 Å². The zero-order valence-corrected chi connectivity index (χ0v) is 16.0. The number of ether oxygens (including phenoxy) is 3. The highest BCUT2D eigenvalue weighted by molar-refractivity contribution is 6.06. The highest BCUT2D eigenvalue weighted by Crippen LogP contribution is 2.38. The first-order valence-corrected chi connectivity index (χ1v) is 8.87. The molecule has 0 atom stereocenters. The first-order chi connectivity index (χ1) is 13.6. The number of carbonyl (C=O) groups excluding carboxylic acids is 1. The van der Waals surface area contributed by atoms with Crippen molar-refractivity contribution in [2.24, 2.45) is 0 Å². The number of para-hydroxylation sites is 1. The van der Waals surface area contributed by atoms with Crippen LogP contribution in [0.15, 0.2) is 54.9 Å². The van der Waals surface area contributed by atoms with Crippen LogP contribution < -0.4 is 18.8 Å². The van der Waals surface area contributed by atoms with Crippen LogP contribution in [0.2, 0.25) is 0 Å². The quantitative estimate of drug-likeness (QED) is 0.412. The number of hydrogen-bond donors (Lipinski definition) is 1. The molecule has 0 fully saturated rings. The van der Waals surface area contributed by atoms with Crippen molar-refractivity contribution < 1.29 is 23.6 Å². The third kappa shape index (κ3) is 3.03. The summed E-state index contributed by atoms with van der Waals surface area (Å²) in [6.45, 7) is 0.198. The van der Waals surface area contributed by atoms with Crippen LogP contribution in [0, 0.1) is 0 Å². The maximum Gasteiger partial charge on any atom is 0.227 e. The van der Waals surface area contributed by atoms with Gasteiger partial charge in [-0.3, -0.25) is 4.79 Å². The number of nitrogens with zero attached hydrogens (tertiary/aromatic N) is 1. The van der Waals surface area contributed by atoms with Crippen LogP contribution >= 0.6 is 0 Å². The molecule has 0 saturated carbocycles. The van der Waals surface area contributed by atoms with E-state index in [1.54, 1.807) is 12.1 Å². The summed E-state index contributed by atoms with van der Waals surface area (Å²) in [5, 5.41) is 2.30. The van der Waals surface area contributed by atoms with Gasteiger partial charge in [0.2, 0.25) is 18.1 Å². The highest BCUT2D eigenvalue weighted by Gasteiger charge is 2.20. The van der Waals surface area contributed by atoms with E-state index in [4.69, 9.17) is 14.2 Å². The number of methoxy groups -OCH3 is 3. The summed E-state index contributed by atoms with van der Waals surface area (Å²) in [6, 6.07) is 13.5. The fourth-order valence-corrected chi connectivity index (χ4v) is 3.44. The molecule has 2 heterocycles. The second-order valence-corrected chi connectivity index (χ2v) is 6.45. The number of aromatic amines is 1. The molecule has 4 aromatic rings. The van der Waals surface area contributed by atoms with E-state index in [0.29, 0.717) is 22.8 Å². The zero-order chi connectivity index (χ0) is 19.7. The Bertz CT molecular complexity index is 1150. The molecule has 0 unspecified atom stereocenters. The molecule has 2 aromatic heterocycles. The maximum atomic E-state index is 12.9. The van der Waals surface area contributed by atoms with Gasteiger partial charge < -0.3 is 19.2 Å². The van der Waals surface area contributed by atoms with E-state index in [1.165, 1.54) is 26.7 Å². The van der Waals surface area contributed by atoms with Crippen LogP contribution in [0.1, 0.15) is 10.4 Å². The Morgan fingerprint density at radius 3 is 2.29 bits per heavy atom. The summed E-state index contributed by atoms with van der Waals surface area (Å²) in [5.41, 5.74) is 2.56. The minimum Gasteiger partial charge on any atom is -0.493 e. The Kier molecular flexibility index (Phi) is 4.61. The molecule has 6 heteroatoms. The number of H-pyrrole nitrogens is 1. The molecule has 2 aromatic carbocycles. The Balaban J connectivity index is 1.67. The van der Waals surface area contributed by atoms with Crippen molar-refractivity contribution in [3.8, 4) is 17.2 Å². The van der Waals surface area contributed by atoms with Gasteiger partial charge >= 0.3 is 0 Å². The molecule has 6 nitrogen and oxygen atoms in total. The van der Waals surface area contributed by atoms with Gasteiger partial charge in [-0.2, -0.15) is 4.57 Å². The van der Waals surface area contributed by atoms with Crippen molar-refractivity contribution in [3.05, 3.63) is 60.4 Å². The Morgan fingerprint density at radius 1 is 0.929 bits per heavy atom. The zero-order valence-electron chi connectivity index (χ0n) is 16.0. The first-order valence-electron chi connectivity index (χ1n) is 8.87. The summed E-state index contributed by atoms with van der Waals surface area (Å²) in [4.78, 5) is 16.3. The minimum atomic E-state index is -0.0558. The Labute approximate surface area is 162 Å². The average molecular weight is 377 g/mol. The topological polar surface area (TPSA) is 64.4 Å². The molecule has 0 aliphatic carbocycles. The second kappa shape index (κ2) is 7.23. The van der Waals surface area contributed by atoms with Gasteiger partial charge in [-0.1, -0.05) is 18.2 Å². The lowest BCUT2D eigenvalue weighted by Gasteiger charge is -2.13. The molecule has 0 amide bonds. The fourth-order valence-electron chi connectivity index (χ4n) is 3.44. The van der Waals surface area contributed by atoms with Crippen molar-refractivity contribution in [2.75, 3.05) is 21.3 Å². The lowest BCUT2D eigenvalue weighted by atomic mass is 10.1. The lowest BCUT2D eigenvalue weighted by Crippen LogP contribution is -2.37. The molecular weight excluding hydrogens is 356 g/mol. The summed E-state index contributed by atoms with van der Waals surface area (Å²) in [5.74, 6) is 1.33. The van der Waals surface area contributed by atoms with Gasteiger partial charge in [0.1, 0.15) is 5.52 Å². The van der Waals surface area contributed by atoms with E-state index in [-0.39, 0.29) is 12.3 Å². The van der Waals surface area contributed by atoms with Gasteiger partial charge in [-0.15, -0.1) is 0 Å². The summed E-state index contributed by atoms with van der Waals surface area (Å²) >= 11 is 0. The number of rotatable bonds is 6. The third-order valence-electron chi connectivity index (χ3n) is 4.82. The molecule has 142 valence electrons. The number of pyridine rings is 1. The SMILES string of the molecule is COc1cc(C(=O)C[n+]2ccc3c(c2)[nH]c2ccccc23)cc(OC)c1OC. The largest absolute Gasteiger partial charge is 0.493 e. The highest BCUT2D eigenvalue weighted by atomic mass is 16.5. The molecule has 0 bridgehead atoms. The number of ketones is 1. The van der Waals surface area contributed by atoms with Crippen LogP contribution in [0.25, 0.3) is 21.8 Å². The number of benzene rings is 2. The van der Waals surface area contributed by atoms with Crippen LogP contribution in [0.3, 0.4) is 0 Å². The second-order valence-electron chi connectivity index (χ2n) is 6.45. The number of carbonyl (C=O) groups is 1. The van der Waals surface area contributed by atoms with E-state index < -0.39 is 0 Å². The van der Waals surface area contributed by atoms with Crippen molar-refractivity contribution >= 4 is 27.6 Å². The van der Waals surface area contributed by atoms with E-state index in [0.717, 1.165) is 16.4 Å². The number of fused-ring (bicyclic) bond motifs is 3. The minimum absolute atomic E-state index is 0.0558. The van der Waals surface area contributed by atoms with Gasteiger partial charge in [0.05, 0.1) is 21.3 Å². The normalized spacial score (nSPS) is 11.0. The van der Waals surface area contributed by atoms with Crippen molar-refractivity contribution in [2.45, 2.75) is 6.54 Å². The lowest BCUT2D eigenvalue weighted by molar-refractivity contribution is -0.681. The van der Waals surface area contributed by atoms with Crippen molar-refractivity contribution in [1.29, 1.82) is 0 Å². The summed E-state index contributed by atoms with van der Waals surface area (Å²) < 4.78 is 17.9. The molecule has 28 heavy (non-hydrogen) atoms. The Morgan fingerprint density at radius 2 is 1.61 bits per heavy atom. The average Bonchev–Trinajstić information content (AvgIpc) is 3.10. The number of aromatic nitrogens is 2. The van der Waals surface area contributed by atoms with Gasteiger partial charge in [0.25, 0.3) is 0 Å². The van der Waals surface area contributed by atoms with Gasteiger partial charge in [0.15, 0.2) is 23.9 Å². The summed E-state index contributed by atoms with van der Waals surface area (Å²) in [7, 11) is 4.60. The van der Waals surface area contributed by atoms with Crippen molar-refractivity contribution in [3.63, 3.8) is 0 Å². The van der Waals surface area contributed by atoms with Crippen LogP contribution in [0.5, 0.6) is 17.2 Å². The van der Waals surface area contributed by atoms with Gasteiger partial charge in [-0.05, 0) is 18.2 Å². The van der Waals surface area contributed by atoms with Gasteiger partial charge in [-0.25, -0.2) is 0 Å². The molecule has 1 N–H and O–H groups in total. The van der Waals surface area contributed by atoms with Crippen LogP contribution in [0.4, 0.5) is 0 Å². The third-order valence-corrected chi connectivity index (χ3v) is 4.82. The number of hydrogen-bond acceptors (Lipinski definition) is 4. The van der Waals surface area contributed by atoms with Crippen molar-refractivity contribution in [1.82, 2.24) is 4.98 Å². The number of nitrogens with one attached hydrogen (secondary N) is 1. The predicted octanol–water partition coefficient (Wildman–Crippen LogP) is 3.52. The molecule has 0 saturated heterocycles. The molecule has 0 radical (unpaired) electrons. The van der Waals surface area contributed by atoms with Gasteiger partial charge in [0, 0.05) is 27.9 Å². The maximum absolute atomic E-state index is 12.9. The smallest absolute Gasteiger partial charge is 0.227 e. The molecule has 0 aliphatic rings. The monoisotopic (exact) mass is 377 g/mol. The molecular formula is C22H21N2O4+. The van der Waals surface area contributed by atoms with E-state index in [2.05, 4.69) is 11.1 Å². The van der Waals surface area contributed by atoms with E-state index in [9.17, 15) is 4.79 Å².